The van der Waals surface area contributed by atoms with Gasteiger partial charge in [0, 0.05) is 35.2 Å². The second-order valence-electron chi connectivity index (χ2n) is 6.65. The van der Waals surface area contributed by atoms with Crippen LogP contribution in [0.4, 0.5) is 0 Å². The molecule has 0 bridgehead atoms. The van der Waals surface area contributed by atoms with E-state index in [0.29, 0.717) is 0 Å². The molecule has 3 N–H and O–H groups in total. The molecule has 4 nitrogen and oxygen atoms in total. The predicted molar refractivity (Wildman–Crippen MR) is 88.6 cm³/mol. The molecule has 1 aliphatic rings. The second-order valence-corrected chi connectivity index (χ2v) is 7.79. The highest BCUT2D eigenvalue weighted by atomic mass is 32.1. The van der Waals surface area contributed by atoms with Gasteiger partial charge in [0.25, 0.3) is 0 Å². The van der Waals surface area contributed by atoms with Crippen LogP contribution in [0.3, 0.4) is 0 Å². The average molecular weight is 311 g/mol. The third-order valence-corrected chi connectivity index (χ3v) is 6.34. The summed E-state index contributed by atoms with van der Waals surface area (Å²) in [6.45, 7) is 12.3. The van der Waals surface area contributed by atoms with Gasteiger partial charge in [0.2, 0.25) is 0 Å². The molecule has 0 aromatic carbocycles. The summed E-state index contributed by atoms with van der Waals surface area (Å²) in [6.07, 6.45) is 4.23. The molecule has 1 saturated carbocycles. The van der Waals surface area contributed by atoms with Crippen LogP contribution in [0.5, 0.6) is 0 Å². The van der Waals surface area contributed by atoms with Crippen molar-refractivity contribution in [1.82, 2.24) is 10.3 Å². The van der Waals surface area contributed by atoms with E-state index < -0.39 is 0 Å². The molecule has 2 rings (SSSR count). The van der Waals surface area contributed by atoms with E-state index in [1.807, 2.05) is 13.1 Å². The molecule has 0 spiro atoms. The van der Waals surface area contributed by atoms with Gasteiger partial charge in [-0.25, -0.2) is 4.98 Å². The molecule has 21 heavy (non-hydrogen) atoms. The monoisotopic (exact) mass is 311 g/mol. The molecule has 1 aliphatic carbocycles. The summed E-state index contributed by atoms with van der Waals surface area (Å²) >= 11 is 1.79. The predicted octanol–water partition coefficient (Wildman–Crippen LogP) is 2.89. The van der Waals surface area contributed by atoms with Gasteiger partial charge in [-0.15, -0.1) is 11.3 Å². The van der Waals surface area contributed by atoms with Crippen LogP contribution in [0.2, 0.25) is 0 Å². The maximum absolute atomic E-state index is 6.60. The summed E-state index contributed by atoms with van der Waals surface area (Å²) in [5, 5.41) is 4.71. The minimum atomic E-state index is -0.202. The average Bonchev–Trinajstić information content (AvgIpc) is 2.93. The fourth-order valence-electron chi connectivity index (χ4n) is 2.92. The Bertz CT molecular complexity index is 474. The summed E-state index contributed by atoms with van der Waals surface area (Å²) < 4.78 is 5.78. The summed E-state index contributed by atoms with van der Waals surface area (Å²) in [5.41, 5.74) is 6.40. The quantitative estimate of drug-likeness (QED) is 0.813. The van der Waals surface area contributed by atoms with E-state index in [1.165, 1.54) is 4.88 Å². The van der Waals surface area contributed by atoms with Crippen molar-refractivity contribution >= 4 is 11.3 Å². The van der Waals surface area contributed by atoms with Gasteiger partial charge >= 0.3 is 0 Å². The van der Waals surface area contributed by atoms with E-state index >= 15 is 0 Å². The topological polar surface area (TPSA) is 60.2 Å². The van der Waals surface area contributed by atoms with Crippen LogP contribution in [-0.2, 0) is 11.2 Å². The highest BCUT2D eigenvalue weighted by Crippen LogP contribution is 2.49. The van der Waals surface area contributed by atoms with Crippen molar-refractivity contribution < 1.29 is 4.74 Å². The number of thiazole rings is 1. The first-order valence-electron chi connectivity index (χ1n) is 7.92. The lowest BCUT2D eigenvalue weighted by molar-refractivity contribution is -0.148. The Morgan fingerprint density at radius 3 is 2.76 bits per heavy atom. The Balaban J connectivity index is 1.90. The number of nitrogens with zero attached hydrogens (tertiary/aromatic N) is 1. The van der Waals surface area contributed by atoms with Gasteiger partial charge in [-0.3, -0.25) is 0 Å². The number of hydrogen-bond donors (Lipinski definition) is 2. The van der Waals surface area contributed by atoms with Crippen molar-refractivity contribution in [2.45, 2.75) is 65.1 Å². The lowest BCUT2D eigenvalue weighted by Gasteiger charge is -2.59. The largest absolute Gasteiger partial charge is 0.378 e. The number of ether oxygens (including phenoxy) is 1. The Morgan fingerprint density at radius 2 is 2.24 bits per heavy atom. The fraction of sp³-hybridized carbons (Fsp3) is 0.812. The minimum absolute atomic E-state index is 0.00713. The zero-order valence-electron chi connectivity index (χ0n) is 13.9. The normalized spacial score (nSPS) is 29.1. The van der Waals surface area contributed by atoms with Crippen LogP contribution >= 0.6 is 11.3 Å². The van der Waals surface area contributed by atoms with E-state index in [2.05, 4.69) is 38.0 Å². The molecule has 0 amide bonds. The zero-order chi connectivity index (χ0) is 15.7. The first kappa shape index (κ1) is 16.9. The summed E-state index contributed by atoms with van der Waals surface area (Å²) in [6, 6.07) is 0.248. The molecule has 3 atom stereocenters. The molecule has 3 unspecified atom stereocenters. The van der Waals surface area contributed by atoms with Gasteiger partial charge in [0.15, 0.2) is 0 Å². The van der Waals surface area contributed by atoms with E-state index in [0.717, 1.165) is 31.0 Å². The van der Waals surface area contributed by atoms with Gasteiger partial charge in [-0.2, -0.15) is 0 Å². The molecule has 120 valence electrons. The van der Waals surface area contributed by atoms with Crippen LogP contribution < -0.4 is 11.1 Å². The van der Waals surface area contributed by atoms with E-state index in [-0.39, 0.29) is 23.1 Å². The summed E-state index contributed by atoms with van der Waals surface area (Å²) in [5.74, 6) is 0. The first-order valence-corrected chi connectivity index (χ1v) is 8.74. The van der Waals surface area contributed by atoms with Crippen LogP contribution in [0.25, 0.3) is 0 Å². The molecule has 0 saturated heterocycles. The molecule has 1 aromatic rings. The van der Waals surface area contributed by atoms with E-state index in [9.17, 15) is 0 Å². The van der Waals surface area contributed by atoms with E-state index in [4.69, 9.17) is 10.5 Å². The molecule has 1 fully saturated rings. The number of nitrogens with one attached hydrogen (secondary N) is 1. The molecular formula is C16H29N3OS. The third kappa shape index (κ3) is 3.16. The Morgan fingerprint density at radius 1 is 1.52 bits per heavy atom. The maximum atomic E-state index is 6.60. The van der Waals surface area contributed by atoms with Gasteiger partial charge in [-0.05, 0) is 26.7 Å². The van der Waals surface area contributed by atoms with Crippen LogP contribution in [0.1, 0.15) is 57.0 Å². The Hall–Kier alpha value is -0.490. The summed E-state index contributed by atoms with van der Waals surface area (Å²) in [4.78, 5) is 5.84. The number of nitrogens with two attached hydrogens (primary N) is 1. The van der Waals surface area contributed by atoms with Crippen LogP contribution in [-0.4, -0.2) is 29.8 Å². The zero-order valence-corrected chi connectivity index (χ0v) is 14.7. The standard InChI is InChI=1S/C16H29N3OS/c1-6-12-9-18-14(21-12)11(3)19-10-16(17)8-13(20-7-2)15(16,4)5/h9,11,13,19H,6-8,10,17H2,1-5H3. The minimum Gasteiger partial charge on any atom is -0.378 e. The van der Waals surface area contributed by atoms with E-state index in [1.54, 1.807) is 11.3 Å². The van der Waals surface area contributed by atoms with Gasteiger partial charge in [0.05, 0.1) is 12.1 Å². The Kier molecular flexibility index (Phi) is 5.08. The van der Waals surface area contributed by atoms with Crippen LogP contribution in [0, 0.1) is 5.41 Å². The number of aromatic nitrogens is 1. The molecule has 5 heteroatoms. The molecule has 1 aromatic heterocycles. The van der Waals surface area contributed by atoms with Gasteiger partial charge < -0.3 is 15.8 Å². The number of hydrogen-bond acceptors (Lipinski definition) is 5. The van der Waals surface area contributed by atoms with Crippen molar-refractivity contribution in [3.63, 3.8) is 0 Å². The summed E-state index contributed by atoms with van der Waals surface area (Å²) in [7, 11) is 0. The van der Waals surface area contributed by atoms with Crippen molar-refractivity contribution in [2.24, 2.45) is 11.1 Å². The number of aryl methyl sites for hydroxylation is 1. The Labute approximate surface area is 132 Å². The van der Waals surface area contributed by atoms with Crippen molar-refractivity contribution in [2.75, 3.05) is 13.2 Å². The fourth-order valence-corrected chi connectivity index (χ4v) is 3.80. The molecule has 0 radical (unpaired) electrons. The van der Waals surface area contributed by atoms with Crippen molar-refractivity contribution in [3.8, 4) is 0 Å². The third-order valence-electron chi connectivity index (χ3n) is 5.02. The van der Waals surface area contributed by atoms with Gasteiger partial charge in [-0.1, -0.05) is 20.8 Å². The molecule has 0 aliphatic heterocycles. The highest BCUT2D eigenvalue weighted by molar-refractivity contribution is 7.11. The highest BCUT2D eigenvalue weighted by Gasteiger charge is 2.58. The van der Waals surface area contributed by atoms with Gasteiger partial charge in [0.1, 0.15) is 5.01 Å². The molecule has 1 heterocycles. The molecular weight excluding hydrogens is 282 g/mol. The first-order chi connectivity index (χ1) is 9.84. The van der Waals surface area contributed by atoms with Crippen molar-refractivity contribution in [3.05, 3.63) is 16.1 Å². The smallest absolute Gasteiger partial charge is 0.109 e. The number of rotatable bonds is 7. The SMILES string of the molecule is CCOC1CC(N)(CNC(C)c2ncc(CC)s2)C1(C)C. The lowest BCUT2D eigenvalue weighted by atomic mass is 9.54. The van der Waals surface area contributed by atoms with Crippen molar-refractivity contribution in [1.29, 1.82) is 0 Å². The van der Waals surface area contributed by atoms with Crippen LogP contribution in [0.15, 0.2) is 6.20 Å². The maximum Gasteiger partial charge on any atom is 0.109 e. The lowest BCUT2D eigenvalue weighted by Crippen LogP contribution is -2.73. The second kappa shape index (κ2) is 6.32.